The van der Waals surface area contributed by atoms with Crippen LogP contribution in [0.5, 0.6) is 0 Å². The lowest BCUT2D eigenvalue weighted by Crippen LogP contribution is -2.36. The van der Waals surface area contributed by atoms with Crippen molar-refractivity contribution in [1.29, 1.82) is 0 Å². The predicted octanol–water partition coefficient (Wildman–Crippen LogP) is 4.73. The molecule has 1 saturated heterocycles. The molecule has 0 aliphatic carbocycles. The first kappa shape index (κ1) is 25.2. The highest BCUT2D eigenvalue weighted by Gasteiger charge is 2.48. The highest BCUT2D eigenvalue weighted by Crippen LogP contribution is 2.47. The molecule has 202 valence electrons. The molecular formula is C27H25F4N7O. The molecular weight excluding hydrogens is 514 g/mol. The average molecular weight is 540 g/mol. The molecule has 1 N–H and O–H groups in total. The number of hydrogen-bond donors (Lipinski definition) is 1. The van der Waals surface area contributed by atoms with Gasteiger partial charge in [-0.25, -0.2) is 24.0 Å². The van der Waals surface area contributed by atoms with Crippen LogP contribution < -0.4 is 10.2 Å². The molecule has 0 amide bonds. The summed E-state index contributed by atoms with van der Waals surface area (Å²) in [5.41, 5.74) is 1.11. The van der Waals surface area contributed by atoms with E-state index in [1.165, 1.54) is 6.07 Å². The van der Waals surface area contributed by atoms with Gasteiger partial charge in [0.15, 0.2) is 11.5 Å². The Kier molecular flexibility index (Phi) is 5.81. The number of nitrogens with one attached hydrogen (secondary N) is 1. The van der Waals surface area contributed by atoms with E-state index in [0.29, 0.717) is 39.5 Å². The van der Waals surface area contributed by atoms with Crippen LogP contribution in [0.1, 0.15) is 31.4 Å². The third-order valence-electron chi connectivity index (χ3n) is 7.69. The van der Waals surface area contributed by atoms with Crippen molar-refractivity contribution in [3.05, 3.63) is 59.5 Å². The Hall–Kier alpha value is -4.09. The van der Waals surface area contributed by atoms with Crippen LogP contribution in [-0.2, 0) is 16.8 Å². The number of fused-ring (bicyclic) bond motifs is 2. The Bertz CT molecular complexity index is 1580. The fourth-order valence-corrected chi connectivity index (χ4v) is 5.46. The number of alkyl halides is 3. The summed E-state index contributed by atoms with van der Waals surface area (Å²) in [6, 6.07) is 9.25. The molecule has 1 fully saturated rings. The predicted molar refractivity (Wildman–Crippen MR) is 137 cm³/mol. The lowest BCUT2D eigenvalue weighted by atomic mass is 9.81. The van der Waals surface area contributed by atoms with Crippen molar-refractivity contribution in [3.63, 3.8) is 0 Å². The molecule has 0 bridgehead atoms. The number of anilines is 2. The van der Waals surface area contributed by atoms with Gasteiger partial charge in [0.05, 0.1) is 23.9 Å². The fraction of sp³-hybridized carbons (Fsp3) is 0.370. The van der Waals surface area contributed by atoms with Gasteiger partial charge in [0.2, 0.25) is 0 Å². The van der Waals surface area contributed by atoms with E-state index in [9.17, 15) is 22.4 Å². The Labute approximate surface area is 221 Å². The van der Waals surface area contributed by atoms with Crippen molar-refractivity contribution in [3.8, 4) is 11.5 Å². The van der Waals surface area contributed by atoms with Crippen molar-refractivity contribution in [2.75, 3.05) is 23.3 Å². The van der Waals surface area contributed by atoms with Gasteiger partial charge in [-0.3, -0.25) is 0 Å². The second-order valence-electron chi connectivity index (χ2n) is 10.5. The number of halogens is 4. The molecule has 2 aliphatic heterocycles. The van der Waals surface area contributed by atoms with Crippen LogP contribution in [0.15, 0.2) is 42.6 Å². The van der Waals surface area contributed by atoms with Crippen LogP contribution in [0.3, 0.4) is 0 Å². The second-order valence-corrected chi connectivity index (χ2v) is 10.5. The molecule has 12 heteroatoms. The zero-order chi connectivity index (χ0) is 27.5. The van der Waals surface area contributed by atoms with Crippen LogP contribution in [0.2, 0.25) is 0 Å². The van der Waals surface area contributed by atoms with Crippen LogP contribution >= 0.6 is 0 Å². The zero-order valence-electron chi connectivity index (χ0n) is 21.2. The van der Waals surface area contributed by atoms with E-state index in [1.54, 1.807) is 46.1 Å². The van der Waals surface area contributed by atoms with Gasteiger partial charge < -0.3 is 15.0 Å². The Morgan fingerprint density at radius 2 is 1.95 bits per heavy atom. The highest BCUT2D eigenvalue weighted by molar-refractivity contribution is 5.90. The molecule has 6 rings (SSSR count). The van der Waals surface area contributed by atoms with E-state index in [-0.39, 0.29) is 37.7 Å². The minimum Gasteiger partial charge on any atom is -0.359 e. The van der Waals surface area contributed by atoms with Gasteiger partial charge in [0.25, 0.3) is 0 Å². The molecule has 8 nitrogen and oxygen atoms in total. The molecule has 4 aromatic rings. The summed E-state index contributed by atoms with van der Waals surface area (Å²) in [6.07, 6.45) is -2.00. The molecule has 5 heterocycles. The number of aldehydes is 1. The van der Waals surface area contributed by atoms with Gasteiger partial charge in [-0.15, -0.1) is 0 Å². The molecule has 0 saturated carbocycles. The monoisotopic (exact) mass is 539 g/mol. The van der Waals surface area contributed by atoms with Gasteiger partial charge in [-0.2, -0.15) is 18.3 Å². The topological polar surface area (TPSA) is 88.8 Å². The molecule has 3 aromatic heterocycles. The summed E-state index contributed by atoms with van der Waals surface area (Å²) in [5.74, 6) is -0.943. The maximum absolute atomic E-state index is 14.4. The third kappa shape index (κ3) is 4.18. The number of rotatable bonds is 5. The summed E-state index contributed by atoms with van der Waals surface area (Å²) in [6.45, 7) is 3.72. The zero-order valence-corrected chi connectivity index (χ0v) is 21.2. The second kappa shape index (κ2) is 8.99. The summed E-state index contributed by atoms with van der Waals surface area (Å²) < 4.78 is 56.7. The minimum absolute atomic E-state index is 0.0489. The number of hydrogen-bond acceptors (Lipinski definition) is 7. The lowest BCUT2D eigenvalue weighted by Gasteiger charge is -2.28. The van der Waals surface area contributed by atoms with E-state index in [1.807, 2.05) is 13.8 Å². The highest BCUT2D eigenvalue weighted by atomic mass is 19.4. The standard InChI is InChI=1S/C27H25F4N7O/c1-26(2)19(14-39)33-22-20(26)25(37-11-9-16(13-37)27(29,30)31)35-23(34-22)21-17-7-5-10-32-24(17)38(36-21)12-15-6-3-4-8-18(15)28/h3-8,10,14,16,19H,9,11-13H2,1-2H3,(H,33,34,35). The first-order valence-electron chi connectivity index (χ1n) is 12.6. The lowest BCUT2D eigenvalue weighted by molar-refractivity contribution is -0.168. The summed E-state index contributed by atoms with van der Waals surface area (Å²) >= 11 is 0. The number of nitrogens with zero attached hydrogens (tertiary/aromatic N) is 6. The van der Waals surface area contributed by atoms with E-state index in [0.717, 1.165) is 6.29 Å². The van der Waals surface area contributed by atoms with Crippen LogP contribution in [0.4, 0.5) is 29.2 Å². The van der Waals surface area contributed by atoms with Gasteiger partial charge in [0, 0.05) is 35.8 Å². The van der Waals surface area contributed by atoms with Crippen molar-refractivity contribution in [2.24, 2.45) is 5.92 Å². The van der Waals surface area contributed by atoms with Crippen molar-refractivity contribution < 1.29 is 22.4 Å². The molecule has 1 aromatic carbocycles. The molecule has 2 unspecified atom stereocenters. The van der Waals surface area contributed by atoms with E-state index in [4.69, 9.17) is 9.97 Å². The summed E-state index contributed by atoms with van der Waals surface area (Å²) in [5, 5.41) is 8.42. The molecule has 2 atom stereocenters. The number of carbonyl (C=O) groups excluding carboxylic acids is 1. The normalized spacial score (nSPS) is 20.3. The van der Waals surface area contributed by atoms with Crippen LogP contribution in [-0.4, -0.2) is 56.3 Å². The smallest absolute Gasteiger partial charge is 0.359 e. The van der Waals surface area contributed by atoms with E-state index >= 15 is 0 Å². The maximum Gasteiger partial charge on any atom is 0.393 e. The van der Waals surface area contributed by atoms with Crippen molar-refractivity contribution in [1.82, 2.24) is 24.7 Å². The molecule has 0 radical (unpaired) electrons. The SMILES string of the molecule is CC1(C)c2c(nc(-c3nn(Cc4ccccc4F)c4ncccc34)nc2N2CCC(C(F)(F)F)C2)NC1C=O. The average Bonchev–Trinajstić information content (AvgIpc) is 3.60. The van der Waals surface area contributed by atoms with Crippen molar-refractivity contribution >= 4 is 29.0 Å². The summed E-state index contributed by atoms with van der Waals surface area (Å²) in [7, 11) is 0. The van der Waals surface area contributed by atoms with Crippen LogP contribution in [0.25, 0.3) is 22.6 Å². The Balaban J connectivity index is 1.50. The van der Waals surface area contributed by atoms with E-state index in [2.05, 4.69) is 15.4 Å². The van der Waals surface area contributed by atoms with Gasteiger partial charge >= 0.3 is 6.18 Å². The first-order valence-corrected chi connectivity index (χ1v) is 12.6. The minimum atomic E-state index is -4.32. The number of benzene rings is 1. The maximum atomic E-state index is 14.4. The molecule has 0 spiro atoms. The number of carbonyl (C=O) groups is 1. The summed E-state index contributed by atoms with van der Waals surface area (Å²) in [4.78, 5) is 27.4. The Morgan fingerprint density at radius 1 is 1.15 bits per heavy atom. The van der Waals surface area contributed by atoms with Gasteiger partial charge in [-0.1, -0.05) is 32.0 Å². The number of pyridine rings is 1. The van der Waals surface area contributed by atoms with Crippen LogP contribution in [0, 0.1) is 11.7 Å². The number of aromatic nitrogens is 5. The van der Waals surface area contributed by atoms with Crippen molar-refractivity contribution in [2.45, 2.75) is 44.4 Å². The van der Waals surface area contributed by atoms with Gasteiger partial charge in [-0.05, 0) is 24.6 Å². The van der Waals surface area contributed by atoms with Gasteiger partial charge in [0.1, 0.15) is 29.4 Å². The molecule has 2 aliphatic rings. The quantitative estimate of drug-likeness (QED) is 0.290. The molecule has 39 heavy (non-hydrogen) atoms. The third-order valence-corrected chi connectivity index (χ3v) is 7.69. The fourth-order valence-electron chi connectivity index (χ4n) is 5.46. The largest absolute Gasteiger partial charge is 0.393 e. The van der Waals surface area contributed by atoms with E-state index < -0.39 is 23.6 Å². The Morgan fingerprint density at radius 3 is 2.67 bits per heavy atom. The first-order chi connectivity index (χ1) is 18.6.